The van der Waals surface area contributed by atoms with Crippen molar-refractivity contribution in [2.45, 2.75) is 51.6 Å². The minimum Gasteiger partial charge on any atom is -0.493 e. The molecule has 0 spiro atoms. The van der Waals surface area contributed by atoms with Crippen LogP contribution in [-0.4, -0.2) is 87.3 Å². The molecule has 1 saturated carbocycles. The maximum absolute atomic E-state index is 14.3. The van der Waals surface area contributed by atoms with Crippen LogP contribution in [0.4, 0.5) is 13.2 Å². The summed E-state index contributed by atoms with van der Waals surface area (Å²) < 4.78 is 58.2. The predicted molar refractivity (Wildman–Crippen MR) is 156 cm³/mol. The molecule has 0 radical (unpaired) electrons. The van der Waals surface area contributed by atoms with Gasteiger partial charge in [-0.2, -0.15) is 0 Å². The number of hydrogen-bond donors (Lipinski definition) is 1. The summed E-state index contributed by atoms with van der Waals surface area (Å²) >= 11 is 0. The van der Waals surface area contributed by atoms with Crippen molar-refractivity contribution in [1.82, 2.24) is 15.1 Å². The topological polar surface area (TPSA) is 80.3 Å². The molecule has 2 aromatic carbocycles. The lowest BCUT2D eigenvalue weighted by Crippen LogP contribution is -2.45. The van der Waals surface area contributed by atoms with Gasteiger partial charge in [0.25, 0.3) is 5.91 Å². The molecule has 4 rings (SSSR count). The predicted octanol–water partition coefficient (Wildman–Crippen LogP) is 4.45. The average Bonchev–Trinajstić information content (AvgIpc) is 3.73. The van der Waals surface area contributed by atoms with E-state index in [9.17, 15) is 22.8 Å². The summed E-state index contributed by atoms with van der Waals surface area (Å²) in [5, 5.41) is 3.40. The molecule has 2 fully saturated rings. The van der Waals surface area contributed by atoms with Gasteiger partial charge in [0.05, 0.1) is 20.1 Å². The van der Waals surface area contributed by atoms with E-state index in [1.807, 2.05) is 18.7 Å². The van der Waals surface area contributed by atoms with Crippen LogP contribution in [0.1, 0.15) is 49.0 Å². The molecule has 2 aliphatic rings. The number of nitrogens with zero attached hydrogens (tertiary/aromatic N) is 2. The van der Waals surface area contributed by atoms with Crippen LogP contribution in [0.15, 0.2) is 30.3 Å². The highest BCUT2D eigenvalue weighted by Gasteiger charge is 2.38. The van der Waals surface area contributed by atoms with Crippen molar-refractivity contribution in [2.75, 3.05) is 53.6 Å². The number of benzene rings is 2. The standard InChI is InChI=1S/C32H42F3N3O5/c1-20(2)37(32(40)21-6-9-28(42-4)29(13-21)43-11-5-10-41-3)18-23-16-36-17-24(23)19-38(26-7-8-26)30(39)14-22-12-25(33)15-27(34)31(22)35/h6,9,12-13,15,20,23-24,26,36H,5,7-8,10-11,14,16-19H2,1-4H3/t23-,24-/m0/s1. The molecule has 1 aliphatic carbocycles. The SMILES string of the molecule is COCCCOc1cc(C(=O)N(C[C@@H]2CNC[C@H]2CN(C(=O)Cc2cc(F)cc(F)c2F)C2CC2)C(C)C)ccc1OC. The van der Waals surface area contributed by atoms with E-state index in [0.29, 0.717) is 68.9 Å². The van der Waals surface area contributed by atoms with Crippen molar-refractivity contribution in [1.29, 1.82) is 0 Å². The Labute approximate surface area is 251 Å². The fourth-order valence-electron chi connectivity index (χ4n) is 5.57. The van der Waals surface area contributed by atoms with E-state index in [4.69, 9.17) is 14.2 Å². The third-order valence-electron chi connectivity index (χ3n) is 8.11. The van der Waals surface area contributed by atoms with Crippen LogP contribution in [-0.2, 0) is 16.0 Å². The van der Waals surface area contributed by atoms with Gasteiger partial charge in [0.2, 0.25) is 5.91 Å². The van der Waals surface area contributed by atoms with E-state index in [1.54, 1.807) is 37.3 Å². The van der Waals surface area contributed by atoms with E-state index in [0.717, 1.165) is 18.9 Å². The summed E-state index contributed by atoms with van der Waals surface area (Å²) in [6.07, 6.45) is 1.95. The zero-order valence-corrected chi connectivity index (χ0v) is 25.3. The molecule has 11 heteroatoms. The van der Waals surface area contributed by atoms with Crippen molar-refractivity contribution < 1.29 is 37.0 Å². The van der Waals surface area contributed by atoms with E-state index in [2.05, 4.69) is 5.32 Å². The summed E-state index contributed by atoms with van der Waals surface area (Å²) in [4.78, 5) is 30.6. The summed E-state index contributed by atoms with van der Waals surface area (Å²) in [5.41, 5.74) is 0.199. The summed E-state index contributed by atoms with van der Waals surface area (Å²) in [6, 6.07) is 6.45. The van der Waals surface area contributed by atoms with E-state index >= 15 is 0 Å². The van der Waals surface area contributed by atoms with Gasteiger partial charge in [0.1, 0.15) is 5.82 Å². The van der Waals surface area contributed by atoms with E-state index in [1.165, 1.54) is 0 Å². The lowest BCUT2D eigenvalue weighted by molar-refractivity contribution is -0.131. The Morgan fingerprint density at radius 2 is 1.70 bits per heavy atom. The second-order valence-electron chi connectivity index (χ2n) is 11.6. The van der Waals surface area contributed by atoms with Crippen LogP contribution in [0.3, 0.4) is 0 Å². The number of amides is 2. The van der Waals surface area contributed by atoms with Gasteiger partial charge in [-0.1, -0.05) is 0 Å². The smallest absolute Gasteiger partial charge is 0.254 e. The normalized spacial score (nSPS) is 18.1. The first-order valence-corrected chi connectivity index (χ1v) is 14.9. The first-order chi connectivity index (χ1) is 20.6. The molecule has 1 aliphatic heterocycles. The molecular weight excluding hydrogens is 563 g/mol. The Kier molecular flexibility index (Phi) is 11.3. The zero-order valence-electron chi connectivity index (χ0n) is 25.3. The molecule has 0 unspecified atom stereocenters. The van der Waals surface area contributed by atoms with Gasteiger partial charge in [0.15, 0.2) is 23.1 Å². The van der Waals surface area contributed by atoms with Crippen LogP contribution in [0.5, 0.6) is 11.5 Å². The molecule has 43 heavy (non-hydrogen) atoms. The second-order valence-corrected chi connectivity index (χ2v) is 11.6. The number of carbonyl (C=O) groups excluding carboxylic acids is 2. The van der Waals surface area contributed by atoms with Gasteiger partial charge >= 0.3 is 0 Å². The van der Waals surface area contributed by atoms with Gasteiger partial charge in [-0.25, -0.2) is 13.2 Å². The Morgan fingerprint density at radius 1 is 0.977 bits per heavy atom. The van der Waals surface area contributed by atoms with E-state index < -0.39 is 23.9 Å². The number of nitrogens with one attached hydrogen (secondary N) is 1. The Hall–Kier alpha value is -3.31. The van der Waals surface area contributed by atoms with Gasteiger partial charge in [0, 0.05) is 75.6 Å². The molecule has 0 aromatic heterocycles. The highest BCUT2D eigenvalue weighted by Crippen LogP contribution is 2.32. The molecule has 1 N–H and O–H groups in total. The van der Waals surface area contributed by atoms with Crippen molar-refractivity contribution in [3.8, 4) is 11.5 Å². The maximum Gasteiger partial charge on any atom is 0.254 e. The fraction of sp³-hybridized carbons (Fsp3) is 0.562. The molecule has 2 atom stereocenters. The maximum atomic E-state index is 14.3. The number of hydrogen-bond acceptors (Lipinski definition) is 6. The molecule has 1 saturated heterocycles. The lowest BCUT2D eigenvalue weighted by Gasteiger charge is -2.34. The van der Waals surface area contributed by atoms with Crippen LogP contribution in [0.25, 0.3) is 0 Å². The third-order valence-corrected chi connectivity index (χ3v) is 8.11. The molecular formula is C32H42F3N3O5. The minimum absolute atomic E-state index is 0.0275. The monoisotopic (exact) mass is 605 g/mol. The van der Waals surface area contributed by atoms with Crippen LogP contribution in [0, 0.1) is 29.3 Å². The van der Waals surface area contributed by atoms with Gasteiger partial charge in [-0.3, -0.25) is 9.59 Å². The summed E-state index contributed by atoms with van der Waals surface area (Å²) in [7, 11) is 3.18. The number of rotatable bonds is 15. The average molecular weight is 606 g/mol. The van der Waals surface area contributed by atoms with E-state index in [-0.39, 0.29) is 41.3 Å². The quantitative estimate of drug-likeness (QED) is 0.239. The Balaban J connectivity index is 1.45. The highest BCUT2D eigenvalue weighted by molar-refractivity contribution is 5.95. The number of carbonyl (C=O) groups is 2. The molecule has 1 heterocycles. The highest BCUT2D eigenvalue weighted by atomic mass is 19.2. The fourth-order valence-corrected chi connectivity index (χ4v) is 5.57. The van der Waals surface area contributed by atoms with Crippen molar-refractivity contribution in [2.24, 2.45) is 11.8 Å². The first kappa shape index (κ1) is 32.6. The Morgan fingerprint density at radius 3 is 2.35 bits per heavy atom. The van der Waals surface area contributed by atoms with Crippen LogP contribution in [0.2, 0.25) is 0 Å². The number of ether oxygens (including phenoxy) is 3. The first-order valence-electron chi connectivity index (χ1n) is 14.9. The Bertz CT molecular complexity index is 1270. The number of methoxy groups -OCH3 is 2. The third kappa shape index (κ3) is 8.41. The molecule has 8 nitrogen and oxygen atoms in total. The van der Waals surface area contributed by atoms with Crippen LogP contribution >= 0.6 is 0 Å². The lowest BCUT2D eigenvalue weighted by atomic mass is 9.93. The molecule has 0 bridgehead atoms. The van der Waals surface area contributed by atoms with Gasteiger partial charge < -0.3 is 29.3 Å². The van der Waals surface area contributed by atoms with Crippen LogP contribution < -0.4 is 14.8 Å². The van der Waals surface area contributed by atoms with Crippen molar-refractivity contribution >= 4 is 11.8 Å². The zero-order chi connectivity index (χ0) is 31.1. The van der Waals surface area contributed by atoms with Crippen molar-refractivity contribution in [3.05, 3.63) is 58.9 Å². The summed E-state index contributed by atoms with van der Waals surface area (Å²) in [5.74, 6) is -2.78. The second kappa shape index (κ2) is 14.9. The summed E-state index contributed by atoms with van der Waals surface area (Å²) in [6.45, 7) is 7.13. The molecule has 236 valence electrons. The largest absolute Gasteiger partial charge is 0.493 e. The molecule has 2 amide bonds. The van der Waals surface area contributed by atoms with Crippen molar-refractivity contribution in [3.63, 3.8) is 0 Å². The minimum atomic E-state index is -1.30. The van der Waals surface area contributed by atoms with Gasteiger partial charge in [-0.15, -0.1) is 0 Å². The molecule has 2 aromatic rings. The number of halogens is 3. The van der Waals surface area contributed by atoms with Gasteiger partial charge in [-0.05, 0) is 62.8 Å².